The Bertz CT molecular complexity index is 965. The molecule has 1 aromatic heterocycles. The maximum absolute atomic E-state index is 12.7. The number of hydrogen-bond donors (Lipinski definition) is 1. The summed E-state index contributed by atoms with van der Waals surface area (Å²) >= 11 is 0. The molecule has 1 amide bonds. The molecule has 2 aromatic carbocycles. The van der Waals surface area contributed by atoms with Gasteiger partial charge in [-0.15, -0.1) is 0 Å². The van der Waals surface area contributed by atoms with Crippen molar-refractivity contribution in [1.82, 2.24) is 15.2 Å². The van der Waals surface area contributed by atoms with Gasteiger partial charge in [-0.1, -0.05) is 43.3 Å². The van der Waals surface area contributed by atoms with Crippen LogP contribution in [-0.4, -0.2) is 29.4 Å². The van der Waals surface area contributed by atoms with E-state index in [-0.39, 0.29) is 5.91 Å². The molecule has 0 aliphatic heterocycles. The Kier molecular flexibility index (Phi) is 5.87. The van der Waals surface area contributed by atoms with Crippen LogP contribution in [0.4, 0.5) is 0 Å². The molecule has 140 valence electrons. The smallest absolute Gasteiger partial charge is 0.253 e. The average molecular weight is 361 g/mol. The minimum Gasteiger partial charge on any atom is -0.348 e. The van der Waals surface area contributed by atoms with Crippen molar-refractivity contribution in [3.63, 3.8) is 0 Å². The van der Waals surface area contributed by atoms with Crippen LogP contribution in [0.3, 0.4) is 0 Å². The Morgan fingerprint density at radius 1 is 1.07 bits per heavy atom. The lowest BCUT2D eigenvalue weighted by atomic mass is 10.1. The molecule has 0 saturated heterocycles. The second kappa shape index (κ2) is 8.31. The molecule has 0 bridgehead atoms. The molecule has 0 fully saturated rings. The molecule has 4 heteroatoms. The Hall–Kier alpha value is -2.72. The summed E-state index contributed by atoms with van der Waals surface area (Å²) < 4.78 is 0. The molecule has 3 aromatic rings. The molecule has 0 radical (unpaired) electrons. The van der Waals surface area contributed by atoms with E-state index in [0.717, 1.165) is 35.2 Å². The van der Waals surface area contributed by atoms with Crippen LogP contribution in [0.15, 0.2) is 48.5 Å². The summed E-state index contributed by atoms with van der Waals surface area (Å²) in [5.41, 5.74) is 5.84. The molecular formula is C23H27N3O. The van der Waals surface area contributed by atoms with Gasteiger partial charge in [0.15, 0.2) is 0 Å². The number of pyridine rings is 1. The lowest BCUT2D eigenvalue weighted by molar-refractivity contribution is 0.0950. The molecule has 0 aliphatic carbocycles. The summed E-state index contributed by atoms with van der Waals surface area (Å²) in [6.07, 6.45) is 0. The molecule has 0 saturated carbocycles. The van der Waals surface area contributed by atoms with E-state index in [1.54, 1.807) is 0 Å². The number of rotatable bonds is 6. The first-order valence-corrected chi connectivity index (χ1v) is 9.39. The van der Waals surface area contributed by atoms with Crippen molar-refractivity contribution in [2.24, 2.45) is 0 Å². The summed E-state index contributed by atoms with van der Waals surface area (Å²) in [6, 6.07) is 16.4. The van der Waals surface area contributed by atoms with E-state index in [0.29, 0.717) is 12.1 Å². The topological polar surface area (TPSA) is 45.2 Å². The second-order valence-corrected chi connectivity index (χ2v) is 7.15. The second-order valence-electron chi connectivity index (χ2n) is 7.15. The first-order valence-electron chi connectivity index (χ1n) is 9.39. The number of fused-ring (bicyclic) bond motifs is 1. The number of aryl methyl sites for hydroxylation is 2. The summed E-state index contributed by atoms with van der Waals surface area (Å²) in [5.74, 6) is -0.0847. The number of amides is 1. The van der Waals surface area contributed by atoms with Crippen molar-refractivity contribution in [1.29, 1.82) is 0 Å². The van der Waals surface area contributed by atoms with Crippen LogP contribution < -0.4 is 5.32 Å². The van der Waals surface area contributed by atoms with Crippen LogP contribution in [0.1, 0.15) is 39.7 Å². The third-order valence-electron chi connectivity index (χ3n) is 4.85. The summed E-state index contributed by atoms with van der Waals surface area (Å²) in [7, 11) is 2.10. The largest absolute Gasteiger partial charge is 0.348 e. The van der Waals surface area contributed by atoms with Crippen LogP contribution in [-0.2, 0) is 13.1 Å². The first kappa shape index (κ1) is 19.1. The highest BCUT2D eigenvalue weighted by molar-refractivity contribution is 5.98. The van der Waals surface area contributed by atoms with Crippen LogP contribution in [0, 0.1) is 13.8 Å². The third-order valence-corrected chi connectivity index (χ3v) is 4.85. The average Bonchev–Trinajstić information content (AvgIpc) is 2.65. The zero-order valence-electron chi connectivity index (χ0n) is 16.5. The quantitative estimate of drug-likeness (QED) is 0.714. The van der Waals surface area contributed by atoms with Gasteiger partial charge in [-0.25, -0.2) is 0 Å². The van der Waals surface area contributed by atoms with Gasteiger partial charge in [-0.2, -0.15) is 0 Å². The van der Waals surface area contributed by atoms with E-state index in [1.807, 2.05) is 50.2 Å². The van der Waals surface area contributed by atoms with E-state index in [9.17, 15) is 4.79 Å². The number of benzene rings is 2. The summed E-state index contributed by atoms with van der Waals surface area (Å²) in [4.78, 5) is 19.6. The van der Waals surface area contributed by atoms with E-state index >= 15 is 0 Å². The highest BCUT2D eigenvalue weighted by atomic mass is 16.1. The minimum absolute atomic E-state index is 0.0847. The number of carbonyl (C=O) groups is 1. The van der Waals surface area contributed by atoms with Gasteiger partial charge in [0.25, 0.3) is 5.91 Å². The Balaban J connectivity index is 1.72. The molecule has 4 nitrogen and oxygen atoms in total. The Labute approximate surface area is 161 Å². The van der Waals surface area contributed by atoms with Crippen LogP contribution in [0.5, 0.6) is 0 Å². The fourth-order valence-corrected chi connectivity index (χ4v) is 3.14. The molecule has 27 heavy (non-hydrogen) atoms. The van der Waals surface area contributed by atoms with Gasteiger partial charge in [0.2, 0.25) is 0 Å². The van der Waals surface area contributed by atoms with Crippen LogP contribution >= 0.6 is 0 Å². The first-order chi connectivity index (χ1) is 13.0. The molecular weight excluding hydrogens is 334 g/mol. The fourth-order valence-electron chi connectivity index (χ4n) is 3.14. The van der Waals surface area contributed by atoms with Gasteiger partial charge < -0.3 is 10.2 Å². The van der Waals surface area contributed by atoms with Gasteiger partial charge >= 0.3 is 0 Å². The fraction of sp³-hybridized carbons (Fsp3) is 0.304. The molecule has 1 N–H and O–H groups in total. The zero-order valence-corrected chi connectivity index (χ0v) is 16.5. The van der Waals surface area contributed by atoms with Crippen molar-refractivity contribution in [2.45, 2.75) is 33.9 Å². The highest BCUT2D eigenvalue weighted by Gasteiger charge is 2.12. The van der Waals surface area contributed by atoms with E-state index in [1.165, 1.54) is 11.1 Å². The lowest BCUT2D eigenvalue weighted by Crippen LogP contribution is -2.24. The maximum Gasteiger partial charge on any atom is 0.253 e. The van der Waals surface area contributed by atoms with Crippen molar-refractivity contribution in [2.75, 3.05) is 13.6 Å². The number of nitrogens with one attached hydrogen (secondary N) is 1. The molecule has 1 heterocycles. The summed E-state index contributed by atoms with van der Waals surface area (Å²) in [6.45, 7) is 8.50. The molecule has 0 atom stereocenters. The number of carbonyl (C=O) groups excluding carboxylic acids is 1. The minimum atomic E-state index is -0.0847. The van der Waals surface area contributed by atoms with Crippen molar-refractivity contribution in [3.8, 4) is 0 Å². The van der Waals surface area contributed by atoms with Gasteiger partial charge in [-0.05, 0) is 56.3 Å². The van der Waals surface area contributed by atoms with E-state index in [4.69, 9.17) is 0 Å². The molecule has 0 aliphatic rings. The monoisotopic (exact) mass is 361 g/mol. The Morgan fingerprint density at radius 2 is 1.85 bits per heavy atom. The Morgan fingerprint density at radius 3 is 2.63 bits per heavy atom. The third kappa shape index (κ3) is 4.72. The van der Waals surface area contributed by atoms with Crippen molar-refractivity contribution >= 4 is 16.8 Å². The highest BCUT2D eigenvalue weighted by Crippen LogP contribution is 2.18. The molecule has 0 unspecified atom stereocenters. The normalized spacial score (nSPS) is 11.1. The predicted molar refractivity (Wildman–Crippen MR) is 111 cm³/mol. The van der Waals surface area contributed by atoms with Crippen LogP contribution in [0.2, 0.25) is 0 Å². The number of aromatic nitrogens is 1. The van der Waals surface area contributed by atoms with Gasteiger partial charge in [-0.3, -0.25) is 9.78 Å². The number of nitrogens with zero attached hydrogens (tertiary/aromatic N) is 2. The van der Waals surface area contributed by atoms with Crippen LogP contribution in [0.25, 0.3) is 10.9 Å². The molecule has 0 spiro atoms. The SMILES string of the molecule is CCN(C)Cc1cccc(CNC(=O)c2cc3ccc(C)cc3nc2C)c1. The van der Waals surface area contributed by atoms with Gasteiger partial charge in [0.05, 0.1) is 16.8 Å². The standard InChI is InChI=1S/C23H27N3O/c1-5-26(4)15-19-8-6-7-18(12-19)14-24-23(27)21-13-20-10-9-16(2)11-22(20)25-17(21)3/h6-13H,5,14-15H2,1-4H3,(H,24,27). The maximum atomic E-state index is 12.7. The van der Waals surface area contributed by atoms with E-state index in [2.05, 4.69) is 41.3 Å². The lowest BCUT2D eigenvalue weighted by Gasteiger charge is -2.15. The molecule has 3 rings (SSSR count). The zero-order chi connectivity index (χ0) is 19.4. The van der Waals surface area contributed by atoms with Gasteiger partial charge in [0.1, 0.15) is 0 Å². The van der Waals surface area contributed by atoms with Gasteiger partial charge in [0, 0.05) is 18.5 Å². The van der Waals surface area contributed by atoms with Crippen molar-refractivity contribution in [3.05, 3.63) is 76.5 Å². The summed E-state index contributed by atoms with van der Waals surface area (Å²) in [5, 5.41) is 4.02. The predicted octanol–water partition coefficient (Wildman–Crippen LogP) is 4.23. The van der Waals surface area contributed by atoms with E-state index < -0.39 is 0 Å². The van der Waals surface area contributed by atoms with Crippen molar-refractivity contribution < 1.29 is 4.79 Å². The number of hydrogen-bond acceptors (Lipinski definition) is 3.